The van der Waals surface area contributed by atoms with Crippen LogP contribution < -0.4 is 10.6 Å². The SMILES string of the molecule is COC(=O)C[C@H](NC(=O)/C=C(C)/C=C/C=C(C)/C=C/C1=C(C)CCCC1(C)C)C(=O)N[C@@H](CC(=O)OC)C(=O)OC. The van der Waals surface area contributed by atoms with Gasteiger partial charge in [0.15, 0.2) is 0 Å². The third-order valence-electron chi connectivity index (χ3n) is 6.76. The molecule has 0 aromatic rings. The minimum atomic E-state index is -1.37. The highest BCUT2D eigenvalue weighted by atomic mass is 16.5. The normalized spacial score (nSPS) is 17.2. The third-order valence-corrected chi connectivity index (χ3v) is 6.76. The van der Waals surface area contributed by atoms with Gasteiger partial charge in [-0.1, -0.05) is 55.4 Å². The maximum atomic E-state index is 12.9. The van der Waals surface area contributed by atoms with Crippen molar-refractivity contribution in [1.82, 2.24) is 10.6 Å². The summed E-state index contributed by atoms with van der Waals surface area (Å²) in [6, 6.07) is -2.74. The first kappa shape index (κ1) is 35.1. The molecule has 10 heteroatoms. The average Bonchev–Trinajstić information content (AvgIpc) is 2.90. The van der Waals surface area contributed by atoms with E-state index in [0.29, 0.717) is 5.57 Å². The van der Waals surface area contributed by atoms with Gasteiger partial charge in [0.05, 0.1) is 34.2 Å². The number of hydrogen-bond acceptors (Lipinski definition) is 8. The molecule has 1 aliphatic carbocycles. The first-order chi connectivity index (χ1) is 19.2. The van der Waals surface area contributed by atoms with Gasteiger partial charge in [-0.2, -0.15) is 0 Å². The molecule has 0 saturated carbocycles. The maximum Gasteiger partial charge on any atom is 0.328 e. The Balaban J connectivity index is 2.94. The van der Waals surface area contributed by atoms with Gasteiger partial charge in [0.1, 0.15) is 12.1 Å². The van der Waals surface area contributed by atoms with Crippen LogP contribution in [0.3, 0.4) is 0 Å². The van der Waals surface area contributed by atoms with Gasteiger partial charge in [0.2, 0.25) is 11.8 Å². The first-order valence-electron chi connectivity index (χ1n) is 13.5. The van der Waals surface area contributed by atoms with Crippen LogP contribution in [0.4, 0.5) is 0 Å². The number of ether oxygens (including phenoxy) is 3. The average molecular weight is 573 g/mol. The molecule has 2 amide bonds. The number of carbonyl (C=O) groups is 5. The zero-order chi connectivity index (χ0) is 31.2. The van der Waals surface area contributed by atoms with Gasteiger partial charge in [-0.05, 0) is 56.6 Å². The number of carbonyl (C=O) groups excluding carboxylic acids is 5. The molecule has 0 saturated heterocycles. The van der Waals surface area contributed by atoms with Crippen molar-refractivity contribution in [1.29, 1.82) is 0 Å². The lowest BCUT2D eigenvalue weighted by molar-refractivity contribution is -0.151. The lowest BCUT2D eigenvalue weighted by Gasteiger charge is -2.32. The minimum Gasteiger partial charge on any atom is -0.469 e. The molecule has 0 radical (unpaired) electrons. The Morgan fingerprint density at radius 2 is 1.49 bits per heavy atom. The summed E-state index contributed by atoms with van der Waals surface area (Å²) >= 11 is 0. The molecular weight excluding hydrogens is 528 g/mol. The summed E-state index contributed by atoms with van der Waals surface area (Å²) in [7, 11) is 3.37. The number of methoxy groups -OCH3 is 3. The van der Waals surface area contributed by atoms with Crippen molar-refractivity contribution in [2.75, 3.05) is 21.3 Å². The van der Waals surface area contributed by atoms with Crippen LogP contribution in [0.25, 0.3) is 0 Å². The van der Waals surface area contributed by atoms with Crippen LogP contribution in [0.5, 0.6) is 0 Å². The van der Waals surface area contributed by atoms with Crippen molar-refractivity contribution in [2.45, 2.75) is 78.8 Å². The standard InChI is InChI=1S/C31H44N2O8/c1-20(14-15-23-22(3)13-10-16-31(23,4)5)11-9-12-21(2)17-26(34)32-24(18-27(35)39-6)29(37)33-25(30(38)41-8)19-28(36)40-7/h9,11-12,14-15,17,24-25H,10,13,16,18-19H2,1-8H3,(H,32,34)(H,33,37)/b12-9+,15-14+,20-11+,21-17+/t24-,25-/m0/s1. The summed E-state index contributed by atoms with van der Waals surface area (Å²) in [5.41, 5.74) is 4.60. The Morgan fingerprint density at radius 3 is 2.05 bits per heavy atom. The van der Waals surface area contributed by atoms with E-state index >= 15 is 0 Å². The number of rotatable bonds is 13. The van der Waals surface area contributed by atoms with Crippen molar-refractivity contribution in [3.8, 4) is 0 Å². The van der Waals surface area contributed by atoms with Crippen LogP contribution in [-0.2, 0) is 38.2 Å². The Kier molecular flexibility index (Phi) is 14.5. The predicted octanol–water partition coefficient (Wildman–Crippen LogP) is 3.79. The molecule has 0 spiro atoms. The summed E-state index contributed by atoms with van der Waals surface area (Å²) in [5.74, 6) is -3.92. The fourth-order valence-electron chi connectivity index (χ4n) is 4.42. The lowest BCUT2D eigenvalue weighted by atomic mass is 9.72. The smallest absolute Gasteiger partial charge is 0.328 e. The largest absolute Gasteiger partial charge is 0.469 e. The van der Waals surface area contributed by atoms with Crippen LogP contribution in [0, 0.1) is 5.41 Å². The van der Waals surface area contributed by atoms with Gasteiger partial charge in [0.25, 0.3) is 0 Å². The lowest BCUT2D eigenvalue weighted by Crippen LogP contribution is -2.53. The monoisotopic (exact) mass is 572 g/mol. The Labute approximate surface area is 242 Å². The molecule has 0 heterocycles. The Bertz CT molecular complexity index is 1140. The fraction of sp³-hybridized carbons (Fsp3) is 0.516. The van der Waals surface area contributed by atoms with Crippen molar-refractivity contribution < 1.29 is 38.2 Å². The van der Waals surface area contributed by atoms with E-state index in [1.807, 2.05) is 19.1 Å². The molecule has 2 atom stereocenters. The summed E-state index contributed by atoms with van der Waals surface area (Å²) < 4.78 is 13.8. The quantitative estimate of drug-likeness (QED) is 0.147. The van der Waals surface area contributed by atoms with E-state index in [0.717, 1.165) is 33.3 Å². The van der Waals surface area contributed by atoms with E-state index in [1.54, 1.807) is 13.0 Å². The van der Waals surface area contributed by atoms with E-state index < -0.39 is 54.6 Å². The molecule has 2 N–H and O–H groups in total. The topological polar surface area (TPSA) is 137 Å². The van der Waals surface area contributed by atoms with Gasteiger partial charge < -0.3 is 24.8 Å². The van der Waals surface area contributed by atoms with Crippen molar-refractivity contribution in [3.05, 3.63) is 58.7 Å². The molecular formula is C31H44N2O8. The van der Waals surface area contributed by atoms with Crippen LogP contribution >= 0.6 is 0 Å². The highest BCUT2D eigenvalue weighted by Gasteiger charge is 2.31. The number of allylic oxidation sites excluding steroid dienone is 9. The van der Waals surface area contributed by atoms with Gasteiger partial charge in [-0.3, -0.25) is 19.2 Å². The van der Waals surface area contributed by atoms with Crippen LogP contribution in [0.2, 0.25) is 0 Å². The van der Waals surface area contributed by atoms with E-state index in [-0.39, 0.29) is 5.41 Å². The summed E-state index contributed by atoms with van der Waals surface area (Å²) in [4.78, 5) is 61.1. The number of amides is 2. The molecule has 0 aliphatic heterocycles. The molecule has 41 heavy (non-hydrogen) atoms. The van der Waals surface area contributed by atoms with Crippen LogP contribution in [0.1, 0.15) is 66.7 Å². The Hall–Kier alpha value is -3.95. The molecule has 10 nitrogen and oxygen atoms in total. The van der Waals surface area contributed by atoms with Crippen LogP contribution in [-0.4, -0.2) is 63.1 Å². The van der Waals surface area contributed by atoms with Crippen LogP contribution in [0.15, 0.2) is 58.7 Å². The molecule has 0 aromatic heterocycles. The highest BCUT2D eigenvalue weighted by Crippen LogP contribution is 2.40. The van der Waals surface area contributed by atoms with Crippen molar-refractivity contribution in [2.24, 2.45) is 5.41 Å². The highest BCUT2D eigenvalue weighted by molar-refractivity contribution is 5.97. The van der Waals surface area contributed by atoms with Gasteiger partial charge >= 0.3 is 17.9 Å². The van der Waals surface area contributed by atoms with Crippen molar-refractivity contribution >= 4 is 29.7 Å². The third kappa shape index (κ3) is 12.4. The first-order valence-corrected chi connectivity index (χ1v) is 13.5. The molecule has 0 bridgehead atoms. The molecule has 0 fully saturated rings. The maximum absolute atomic E-state index is 12.9. The summed E-state index contributed by atoms with van der Waals surface area (Å²) in [5, 5.41) is 4.77. The fourth-order valence-corrected chi connectivity index (χ4v) is 4.42. The van der Waals surface area contributed by atoms with Gasteiger partial charge in [-0.15, -0.1) is 0 Å². The summed E-state index contributed by atoms with van der Waals surface area (Å²) in [6.45, 7) is 10.4. The predicted molar refractivity (Wildman–Crippen MR) is 155 cm³/mol. The summed E-state index contributed by atoms with van der Waals surface area (Å²) in [6.07, 6.45) is 13.6. The number of esters is 3. The molecule has 0 unspecified atom stereocenters. The Morgan fingerprint density at radius 1 is 0.878 bits per heavy atom. The second-order valence-electron chi connectivity index (χ2n) is 10.6. The number of hydrogen-bond donors (Lipinski definition) is 2. The molecule has 1 rings (SSSR count). The van der Waals surface area contributed by atoms with Gasteiger partial charge in [0, 0.05) is 6.08 Å². The number of nitrogens with one attached hydrogen (secondary N) is 2. The molecule has 226 valence electrons. The second kappa shape index (κ2) is 17.0. The zero-order valence-electron chi connectivity index (χ0n) is 25.4. The van der Waals surface area contributed by atoms with E-state index in [4.69, 9.17) is 0 Å². The minimum absolute atomic E-state index is 0.159. The van der Waals surface area contributed by atoms with E-state index in [9.17, 15) is 24.0 Å². The van der Waals surface area contributed by atoms with E-state index in [1.165, 1.54) is 30.1 Å². The zero-order valence-corrected chi connectivity index (χ0v) is 25.4. The molecule has 1 aliphatic rings. The van der Waals surface area contributed by atoms with Crippen molar-refractivity contribution in [3.63, 3.8) is 0 Å². The van der Waals surface area contributed by atoms with E-state index in [2.05, 4.69) is 57.8 Å². The second-order valence-corrected chi connectivity index (χ2v) is 10.6. The molecule has 0 aromatic carbocycles. The van der Waals surface area contributed by atoms with Gasteiger partial charge in [-0.25, -0.2) is 4.79 Å².